The van der Waals surface area contributed by atoms with Crippen LogP contribution in [0.2, 0.25) is 0 Å². The number of hydrogen-bond acceptors (Lipinski definition) is 4. The predicted molar refractivity (Wildman–Crippen MR) is 76.5 cm³/mol. The van der Waals surface area contributed by atoms with Crippen LogP contribution in [-0.4, -0.2) is 46.6 Å². The lowest BCUT2D eigenvalue weighted by molar-refractivity contribution is -0.139. The average Bonchev–Trinajstić information content (AvgIpc) is 2.33. The fraction of sp³-hybridized carbons (Fsp3) is 0.750. The Hall–Kier alpha value is -1.44. The molecule has 0 unspecified atom stereocenters. The molecule has 0 aliphatic heterocycles. The van der Waals surface area contributed by atoms with Gasteiger partial charge in [-0.1, -0.05) is 6.42 Å². The van der Waals surface area contributed by atoms with Gasteiger partial charge in [-0.25, -0.2) is 9.59 Å². The lowest BCUT2D eigenvalue weighted by Gasteiger charge is -2.40. The van der Waals surface area contributed by atoms with E-state index in [9.17, 15) is 14.4 Å². The van der Waals surface area contributed by atoms with Crippen molar-refractivity contribution in [3.8, 4) is 0 Å². The molecule has 7 nitrogen and oxygen atoms in total. The third kappa shape index (κ3) is 4.92. The van der Waals surface area contributed by atoms with Crippen LogP contribution in [0.25, 0.3) is 0 Å². The van der Waals surface area contributed by atoms with Crippen LogP contribution in [0.5, 0.6) is 0 Å². The van der Waals surface area contributed by atoms with Crippen molar-refractivity contribution in [2.24, 2.45) is 5.73 Å². The number of carbonyl (C=O) groups is 3. The summed E-state index contributed by atoms with van der Waals surface area (Å²) in [4.78, 5) is 33.3. The molecule has 0 radical (unpaired) electrons. The first-order valence-corrected chi connectivity index (χ1v) is 7.72. The molecule has 1 fully saturated rings. The molecule has 0 saturated heterocycles. The van der Waals surface area contributed by atoms with Crippen molar-refractivity contribution in [3.05, 3.63) is 0 Å². The molecule has 0 aromatic carbocycles. The number of amides is 3. The van der Waals surface area contributed by atoms with Crippen molar-refractivity contribution < 1.29 is 19.5 Å². The van der Waals surface area contributed by atoms with Gasteiger partial charge in [0.1, 0.15) is 6.04 Å². The summed E-state index contributed by atoms with van der Waals surface area (Å²) in [5.41, 5.74) is 4.97. The van der Waals surface area contributed by atoms with Crippen molar-refractivity contribution >= 4 is 29.7 Å². The summed E-state index contributed by atoms with van der Waals surface area (Å²) in [7, 11) is 0. The van der Waals surface area contributed by atoms with E-state index >= 15 is 0 Å². The molecular weight excluding hydrogens is 282 g/mol. The molecule has 114 valence electrons. The van der Waals surface area contributed by atoms with Crippen LogP contribution in [0, 0.1) is 0 Å². The number of carboxylic acids is 1. The Morgan fingerprint density at radius 2 is 2.05 bits per heavy atom. The number of carboxylic acid groups (broad SMARTS) is 1. The summed E-state index contributed by atoms with van der Waals surface area (Å²) in [6.07, 6.45) is 5.18. The second kappa shape index (κ2) is 7.37. The van der Waals surface area contributed by atoms with Gasteiger partial charge >= 0.3 is 12.0 Å². The summed E-state index contributed by atoms with van der Waals surface area (Å²) in [6, 6.07) is -1.63. The normalized spacial score (nSPS) is 17.6. The number of nitrogens with one attached hydrogen (secondary N) is 2. The molecule has 5 N–H and O–H groups in total. The highest BCUT2D eigenvalue weighted by atomic mass is 32.2. The van der Waals surface area contributed by atoms with Crippen LogP contribution in [0.15, 0.2) is 0 Å². The molecule has 0 bridgehead atoms. The van der Waals surface area contributed by atoms with Crippen LogP contribution in [0.1, 0.15) is 32.1 Å². The molecule has 1 aliphatic carbocycles. The molecule has 0 spiro atoms. The number of nitrogens with two attached hydrogens (primary N) is 1. The molecule has 1 rings (SSSR count). The van der Waals surface area contributed by atoms with Gasteiger partial charge in [0.15, 0.2) is 0 Å². The Labute approximate surface area is 122 Å². The fourth-order valence-electron chi connectivity index (χ4n) is 2.02. The summed E-state index contributed by atoms with van der Waals surface area (Å²) in [5.74, 6) is -1.76. The zero-order valence-electron chi connectivity index (χ0n) is 11.5. The van der Waals surface area contributed by atoms with E-state index in [4.69, 9.17) is 10.8 Å². The standard InChI is InChI=1S/C12H21N3O4S/c1-20-12(5-2-6-12)7-14-11(19)15-8(10(17)18)3-4-9(13)16/h8H,2-7H2,1H3,(H2,13,16)(H,17,18)(H2,14,15,19)/t8-/m1/s1. The smallest absolute Gasteiger partial charge is 0.326 e. The van der Waals surface area contributed by atoms with Crippen LogP contribution in [-0.2, 0) is 9.59 Å². The zero-order valence-corrected chi connectivity index (χ0v) is 12.3. The van der Waals surface area contributed by atoms with Crippen molar-refractivity contribution in [1.82, 2.24) is 10.6 Å². The van der Waals surface area contributed by atoms with Gasteiger partial charge in [0.05, 0.1) is 0 Å². The number of urea groups is 1. The summed E-state index contributed by atoms with van der Waals surface area (Å²) in [5, 5.41) is 14.0. The van der Waals surface area contributed by atoms with Gasteiger partial charge in [-0.2, -0.15) is 11.8 Å². The Kier molecular flexibility index (Phi) is 6.12. The molecule has 1 saturated carbocycles. The van der Waals surface area contributed by atoms with E-state index in [1.807, 2.05) is 6.26 Å². The molecule has 1 atom stereocenters. The monoisotopic (exact) mass is 303 g/mol. The van der Waals surface area contributed by atoms with E-state index in [-0.39, 0.29) is 17.6 Å². The van der Waals surface area contributed by atoms with E-state index in [1.165, 1.54) is 0 Å². The first-order valence-electron chi connectivity index (χ1n) is 6.49. The number of hydrogen-bond donors (Lipinski definition) is 4. The average molecular weight is 303 g/mol. The minimum Gasteiger partial charge on any atom is -0.480 e. The third-order valence-electron chi connectivity index (χ3n) is 3.55. The zero-order chi connectivity index (χ0) is 15.2. The quantitative estimate of drug-likeness (QED) is 0.513. The van der Waals surface area contributed by atoms with E-state index in [1.54, 1.807) is 11.8 Å². The Balaban J connectivity index is 2.37. The second-order valence-electron chi connectivity index (χ2n) is 4.96. The minimum absolute atomic E-state index is 0.00818. The minimum atomic E-state index is -1.18. The van der Waals surface area contributed by atoms with Crippen molar-refractivity contribution in [2.75, 3.05) is 12.8 Å². The van der Waals surface area contributed by atoms with E-state index in [0.717, 1.165) is 19.3 Å². The van der Waals surface area contributed by atoms with E-state index < -0.39 is 23.9 Å². The van der Waals surface area contributed by atoms with Gasteiger partial charge < -0.3 is 21.5 Å². The van der Waals surface area contributed by atoms with Gasteiger partial charge in [-0.3, -0.25) is 4.79 Å². The molecule has 0 aromatic heterocycles. The largest absolute Gasteiger partial charge is 0.480 e. The van der Waals surface area contributed by atoms with Gasteiger partial charge in [0.25, 0.3) is 0 Å². The maximum Gasteiger partial charge on any atom is 0.326 e. The third-order valence-corrected chi connectivity index (χ3v) is 4.97. The fourth-order valence-corrected chi connectivity index (χ4v) is 2.93. The number of carbonyl (C=O) groups excluding carboxylic acids is 2. The van der Waals surface area contributed by atoms with Crippen LogP contribution in [0.4, 0.5) is 4.79 Å². The number of rotatable bonds is 8. The Morgan fingerprint density at radius 3 is 2.45 bits per heavy atom. The first kappa shape index (κ1) is 16.6. The SMILES string of the molecule is CSC1(CNC(=O)N[C@H](CCC(N)=O)C(=O)O)CCC1. The number of thioether (sulfide) groups is 1. The van der Waals surface area contributed by atoms with Gasteiger partial charge in [0, 0.05) is 17.7 Å². The molecule has 0 aromatic rings. The van der Waals surface area contributed by atoms with Crippen molar-refractivity contribution in [2.45, 2.75) is 42.9 Å². The number of aliphatic carboxylic acids is 1. The van der Waals surface area contributed by atoms with Crippen LogP contribution in [0.3, 0.4) is 0 Å². The maximum absolute atomic E-state index is 11.7. The van der Waals surface area contributed by atoms with Gasteiger partial charge in [-0.15, -0.1) is 0 Å². The molecule has 20 heavy (non-hydrogen) atoms. The molecule has 3 amide bonds. The summed E-state index contributed by atoms with van der Waals surface area (Å²) < 4.78 is 0.0866. The molecule has 8 heteroatoms. The molecule has 0 heterocycles. The maximum atomic E-state index is 11.7. The molecule has 1 aliphatic rings. The topological polar surface area (TPSA) is 122 Å². The summed E-state index contributed by atoms with van der Waals surface area (Å²) in [6.45, 7) is 0.516. The van der Waals surface area contributed by atoms with Crippen molar-refractivity contribution in [3.63, 3.8) is 0 Å². The highest BCUT2D eigenvalue weighted by molar-refractivity contribution is 8.00. The Bertz CT molecular complexity index is 379. The van der Waals surface area contributed by atoms with E-state index in [2.05, 4.69) is 10.6 Å². The highest BCUT2D eigenvalue weighted by Gasteiger charge is 2.36. The second-order valence-corrected chi connectivity index (χ2v) is 6.24. The first-order chi connectivity index (χ1) is 9.38. The van der Waals surface area contributed by atoms with Crippen molar-refractivity contribution in [1.29, 1.82) is 0 Å². The van der Waals surface area contributed by atoms with Crippen LogP contribution < -0.4 is 16.4 Å². The number of primary amides is 1. The lowest BCUT2D eigenvalue weighted by atomic mass is 9.84. The lowest BCUT2D eigenvalue weighted by Crippen LogP contribution is -2.51. The summed E-state index contributed by atoms with van der Waals surface area (Å²) >= 11 is 1.72. The van der Waals surface area contributed by atoms with Gasteiger partial charge in [-0.05, 0) is 25.5 Å². The van der Waals surface area contributed by atoms with E-state index in [0.29, 0.717) is 6.54 Å². The highest BCUT2D eigenvalue weighted by Crippen LogP contribution is 2.42. The van der Waals surface area contributed by atoms with Crippen LogP contribution >= 0.6 is 11.8 Å². The Morgan fingerprint density at radius 1 is 1.40 bits per heavy atom. The predicted octanol–water partition coefficient (Wildman–Crippen LogP) is 0.290. The molecular formula is C12H21N3O4S. The van der Waals surface area contributed by atoms with Gasteiger partial charge in [0.2, 0.25) is 5.91 Å².